The summed E-state index contributed by atoms with van der Waals surface area (Å²) < 4.78 is 5.43. The summed E-state index contributed by atoms with van der Waals surface area (Å²) in [6.45, 7) is 7.38. The number of halogens is 1. The molecule has 2 unspecified atom stereocenters. The summed E-state index contributed by atoms with van der Waals surface area (Å²) in [6.07, 6.45) is 3.34. The van der Waals surface area contributed by atoms with Crippen molar-refractivity contribution in [3.8, 4) is 11.3 Å². The van der Waals surface area contributed by atoms with Gasteiger partial charge in [0.25, 0.3) is 5.91 Å². The number of ether oxygens (including phenoxy) is 1. The zero-order chi connectivity index (χ0) is 29.3. The van der Waals surface area contributed by atoms with E-state index >= 15 is 0 Å². The number of pyridine rings is 1. The highest BCUT2D eigenvalue weighted by atomic mass is 35.5. The molecule has 2 aromatic heterocycles. The maximum Gasteiger partial charge on any atom is 0.255 e. The minimum atomic E-state index is -0.657. The Bertz CT molecular complexity index is 1460. The van der Waals surface area contributed by atoms with Crippen LogP contribution in [-0.2, 0) is 16.1 Å². The second-order valence-corrected chi connectivity index (χ2v) is 11.3. The highest BCUT2D eigenvalue weighted by Gasteiger charge is 2.34. The Hall–Kier alpha value is -3.76. The quantitative estimate of drug-likeness (QED) is 0.406. The molecule has 0 bridgehead atoms. The molecule has 216 valence electrons. The van der Waals surface area contributed by atoms with E-state index in [-0.39, 0.29) is 23.9 Å². The van der Waals surface area contributed by atoms with Crippen LogP contribution in [0.5, 0.6) is 0 Å². The molecule has 0 spiro atoms. The fourth-order valence-electron chi connectivity index (χ4n) is 5.16. The molecule has 10 nitrogen and oxygen atoms in total. The predicted molar refractivity (Wildman–Crippen MR) is 159 cm³/mol. The fourth-order valence-corrected chi connectivity index (χ4v) is 5.36. The van der Waals surface area contributed by atoms with Gasteiger partial charge in [-0.15, -0.1) is 0 Å². The van der Waals surface area contributed by atoms with Crippen LogP contribution in [0.25, 0.3) is 11.3 Å². The van der Waals surface area contributed by atoms with Gasteiger partial charge in [-0.3, -0.25) is 9.59 Å². The molecule has 2 atom stereocenters. The first-order valence-corrected chi connectivity index (χ1v) is 14.3. The number of benzene rings is 1. The number of fused-ring (bicyclic) bond motifs is 1. The Labute approximate surface area is 245 Å². The normalized spacial score (nSPS) is 16.7. The number of hydrogen-bond donors (Lipinski definition) is 2. The van der Waals surface area contributed by atoms with Crippen LogP contribution in [0.2, 0.25) is 5.02 Å². The second-order valence-electron chi connectivity index (χ2n) is 10.9. The summed E-state index contributed by atoms with van der Waals surface area (Å²) in [7, 11) is 3.86. The number of nitrogens with zero attached hydrogens (tertiary/aromatic N) is 5. The van der Waals surface area contributed by atoms with E-state index in [0.29, 0.717) is 42.0 Å². The van der Waals surface area contributed by atoms with Crippen LogP contribution in [0.3, 0.4) is 0 Å². The zero-order valence-corrected chi connectivity index (χ0v) is 24.8. The van der Waals surface area contributed by atoms with Gasteiger partial charge in [-0.25, -0.2) is 15.0 Å². The summed E-state index contributed by atoms with van der Waals surface area (Å²) in [5.74, 6) is 0.900. The molecular weight excluding hydrogens is 542 g/mol. The average molecular weight is 578 g/mol. The molecule has 4 heterocycles. The van der Waals surface area contributed by atoms with Gasteiger partial charge in [-0.05, 0) is 62.9 Å². The van der Waals surface area contributed by atoms with E-state index in [1.807, 2.05) is 57.1 Å². The molecule has 2 aliphatic heterocycles. The van der Waals surface area contributed by atoms with Gasteiger partial charge in [0.05, 0.1) is 23.0 Å². The van der Waals surface area contributed by atoms with Gasteiger partial charge in [-0.1, -0.05) is 23.7 Å². The van der Waals surface area contributed by atoms with Gasteiger partial charge in [0.1, 0.15) is 11.9 Å². The zero-order valence-electron chi connectivity index (χ0n) is 24.1. The summed E-state index contributed by atoms with van der Waals surface area (Å²) in [5, 5.41) is 6.83. The lowest BCUT2D eigenvalue weighted by Gasteiger charge is -2.26. The number of rotatable bonds is 8. The van der Waals surface area contributed by atoms with Crippen molar-refractivity contribution in [2.24, 2.45) is 0 Å². The van der Waals surface area contributed by atoms with Crippen molar-refractivity contribution in [1.82, 2.24) is 25.2 Å². The Kier molecular flexibility index (Phi) is 8.42. The third-order valence-corrected chi connectivity index (χ3v) is 7.92. The van der Waals surface area contributed by atoms with E-state index in [9.17, 15) is 9.59 Å². The minimum absolute atomic E-state index is 0.197. The third kappa shape index (κ3) is 6.28. The largest absolute Gasteiger partial charge is 0.381 e. The molecule has 2 amide bonds. The van der Waals surface area contributed by atoms with Crippen molar-refractivity contribution < 1.29 is 14.3 Å². The smallest absolute Gasteiger partial charge is 0.255 e. The maximum atomic E-state index is 13.5. The molecule has 0 aliphatic carbocycles. The third-order valence-electron chi connectivity index (χ3n) is 7.64. The SMILES string of the molecule is Cc1cc(C(C)NC(=O)C(C)N2Cc3ccc(-c4nc(NC5CCOCC5)ncc4Cl)cc3C2=O)cc(N(C)C)n1. The van der Waals surface area contributed by atoms with E-state index in [4.69, 9.17) is 16.3 Å². The lowest BCUT2D eigenvalue weighted by Crippen LogP contribution is -2.45. The van der Waals surface area contributed by atoms with E-state index < -0.39 is 6.04 Å². The molecule has 5 rings (SSSR count). The number of amides is 2. The van der Waals surface area contributed by atoms with Gasteiger partial charge >= 0.3 is 0 Å². The molecule has 0 saturated carbocycles. The molecule has 1 saturated heterocycles. The van der Waals surface area contributed by atoms with Crippen LogP contribution in [0.1, 0.15) is 59.9 Å². The van der Waals surface area contributed by atoms with E-state index in [1.54, 1.807) is 24.1 Å². The van der Waals surface area contributed by atoms with E-state index in [2.05, 4.69) is 25.6 Å². The van der Waals surface area contributed by atoms with E-state index in [0.717, 1.165) is 41.0 Å². The van der Waals surface area contributed by atoms with Crippen molar-refractivity contribution in [3.63, 3.8) is 0 Å². The maximum absolute atomic E-state index is 13.5. The van der Waals surface area contributed by atoms with Crippen molar-refractivity contribution in [2.45, 2.75) is 58.3 Å². The topological polar surface area (TPSA) is 113 Å². The molecule has 0 radical (unpaired) electrons. The second kappa shape index (κ2) is 12.0. The summed E-state index contributed by atoms with van der Waals surface area (Å²) in [4.78, 5) is 43.8. The predicted octanol–water partition coefficient (Wildman–Crippen LogP) is 4.38. The number of hydrogen-bond acceptors (Lipinski definition) is 8. The van der Waals surface area contributed by atoms with Crippen LogP contribution < -0.4 is 15.5 Å². The van der Waals surface area contributed by atoms with Gasteiger partial charge in [0.2, 0.25) is 11.9 Å². The number of nitrogens with one attached hydrogen (secondary N) is 2. The number of anilines is 2. The number of aromatic nitrogens is 3. The summed E-state index contributed by atoms with van der Waals surface area (Å²) in [6, 6.07) is 8.87. The van der Waals surface area contributed by atoms with Crippen molar-refractivity contribution in [1.29, 1.82) is 0 Å². The number of aryl methyl sites for hydroxylation is 1. The minimum Gasteiger partial charge on any atom is -0.381 e. The molecule has 2 aliphatic rings. The van der Waals surface area contributed by atoms with Crippen molar-refractivity contribution in [3.05, 3.63) is 63.9 Å². The van der Waals surface area contributed by atoms with Gasteiger partial charge < -0.3 is 25.2 Å². The highest BCUT2D eigenvalue weighted by molar-refractivity contribution is 6.33. The Balaban J connectivity index is 1.29. The highest BCUT2D eigenvalue weighted by Crippen LogP contribution is 2.32. The van der Waals surface area contributed by atoms with Crippen molar-refractivity contribution >= 4 is 35.2 Å². The number of carbonyl (C=O) groups is 2. The van der Waals surface area contributed by atoms with Gasteiger partial charge in [0, 0.05) is 56.7 Å². The summed E-state index contributed by atoms with van der Waals surface area (Å²) >= 11 is 6.49. The molecule has 11 heteroatoms. The van der Waals surface area contributed by atoms with Crippen LogP contribution in [0, 0.1) is 6.92 Å². The van der Waals surface area contributed by atoms with Crippen LogP contribution in [0.15, 0.2) is 36.5 Å². The lowest BCUT2D eigenvalue weighted by molar-refractivity contribution is -0.125. The van der Waals surface area contributed by atoms with Gasteiger partial charge in [-0.2, -0.15) is 0 Å². The number of carbonyl (C=O) groups excluding carboxylic acids is 2. The standard InChI is InChI=1S/C30H36ClN7O3/c1-17-12-22(14-26(33-17)37(4)5)18(2)34-28(39)19(3)38-16-21-7-6-20(13-24(21)29(38)40)27-25(31)15-32-30(36-27)35-23-8-10-41-11-9-23/h6-7,12-15,18-19,23H,8-11,16H2,1-5H3,(H,34,39)(H,32,35,36). The van der Waals surface area contributed by atoms with Crippen LogP contribution >= 0.6 is 11.6 Å². The first kappa shape index (κ1) is 28.8. The fraction of sp³-hybridized carbons (Fsp3) is 0.433. The average Bonchev–Trinajstić information content (AvgIpc) is 3.29. The Morgan fingerprint density at radius 1 is 1.15 bits per heavy atom. The first-order chi connectivity index (χ1) is 19.6. The van der Waals surface area contributed by atoms with Gasteiger partial charge in [0.15, 0.2) is 0 Å². The molecule has 1 fully saturated rings. The first-order valence-electron chi connectivity index (χ1n) is 13.9. The molecular formula is C30H36ClN7O3. The monoisotopic (exact) mass is 577 g/mol. The van der Waals surface area contributed by atoms with Crippen molar-refractivity contribution in [2.75, 3.05) is 37.5 Å². The Morgan fingerprint density at radius 3 is 2.63 bits per heavy atom. The Morgan fingerprint density at radius 2 is 1.90 bits per heavy atom. The van der Waals surface area contributed by atoms with Crippen LogP contribution in [0.4, 0.5) is 11.8 Å². The summed E-state index contributed by atoms with van der Waals surface area (Å²) in [5.41, 5.74) is 4.50. The molecule has 41 heavy (non-hydrogen) atoms. The van der Waals surface area contributed by atoms with Crippen LogP contribution in [-0.4, -0.2) is 71.1 Å². The molecule has 2 N–H and O–H groups in total. The lowest BCUT2D eigenvalue weighted by atomic mass is 10.0. The molecule has 1 aromatic carbocycles. The van der Waals surface area contributed by atoms with E-state index in [1.165, 1.54) is 0 Å². The molecule has 3 aromatic rings.